The van der Waals surface area contributed by atoms with Crippen molar-refractivity contribution in [2.75, 3.05) is 10.6 Å². The molecule has 4 rings (SSSR count). The summed E-state index contributed by atoms with van der Waals surface area (Å²) < 4.78 is 0. The van der Waals surface area contributed by atoms with E-state index in [4.69, 9.17) is 0 Å². The molecule has 6 nitrogen and oxygen atoms in total. The first kappa shape index (κ1) is 22.1. The predicted molar refractivity (Wildman–Crippen MR) is 134 cm³/mol. The van der Waals surface area contributed by atoms with Gasteiger partial charge in [-0.3, -0.25) is 9.59 Å². The topological polar surface area (TPSA) is 82.9 Å². The lowest BCUT2D eigenvalue weighted by atomic mass is 10.1. The molecule has 1 heterocycles. The number of para-hydroxylation sites is 1. The smallest absolute Gasteiger partial charge is 0.221 e. The fraction of sp³-hybridized carbons (Fsp3) is 0.0769. The number of azo groups is 1. The number of nitrogens with one attached hydrogen (secondary N) is 2. The molecule has 0 aliphatic carbocycles. The van der Waals surface area contributed by atoms with Crippen molar-refractivity contribution < 1.29 is 9.59 Å². The van der Waals surface area contributed by atoms with Gasteiger partial charge in [-0.25, -0.2) is 0 Å². The van der Waals surface area contributed by atoms with E-state index in [1.165, 1.54) is 18.3 Å². The summed E-state index contributed by atoms with van der Waals surface area (Å²) in [7, 11) is 0. The van der Waals surface area contributed by atoms with Gasteiger partial charge in [0, 0.05) is 29.4 Å². The number of amides is 1. The van der Waals surface area contributed by atoms with Gasteiger partial charge in [0.05, 0.1) is 10.6 Å². The lowest BCUT2D eigenvalue weighted by Crippen LogP contribution is -2.04. The standard InChI is InChI=1S/C26H22N4O2S/c1-17-23(30-29-22-15-13-21(14-16-22)27-18(2)31)26(28-20-11-7-4-8-12-20)33-25(17)24(32)19-9-5-3-6-10-19/h3-16,28H,1-2H3,(H,27,31). The number of carbonyl (C=O) groups excluding carboxylic acids is 2. The quantitative estimate of drug-likeness (QED) is 0.225. The Hall–Kier alpha value is -4.10. The molecule has 0 saturated heterocycles. The molecular weight excluding hydrogens is 432 g/mol. The molecule has 0 atom stereocenters. The van der Waals surface area contributed by atoms with E-state index in [0.717, 1.165) is 16.3 Å². The summed E-state index contributed by atoms with van der Waals surface area (Å²) in [5, 5.41) is 15.7. The zero-order valence-corrected chi connectivity index (χ0v) is 19.0. The third kappa shape index (κ3) is 5.39. The molecule has 0 spiro atoms. The second-order valence-electron chi connectivity index (χ2n) is 7.35. The van der Waals surface area contributed by atoms with E-state index in [1.54, 1.807) is 24.3 Å². The molecule has 164 valence electrons. The lowest BCUT2D eigenvalue weighted by molar-refractivity contribution is -0.114. The molecule has 1 aromatic heterocycles. The maximum atomic E-state index is 13.2. The summed E-state index contributed by atoms with van der Waals surface area (Å²) in [4.78, 5) is 25.0. The van der Waals surface area contributed by atoms with Crippen molar-refractivity contribution in [1.29, 1.82) is 0 Å². The van der Waals surface area contributed by atoms with E-state index < -0.39 is 0 Å². The highest BCUT2D eigenvalue weighted by Crippen LogP contribution is 2.43. The minimum absolute atomic E-state index is 0.0460. The molecule has 33 heavy (non-hydrogen) atoms. The van der Waals surface area contributed by atoms with E-state index in [-0.39, 0.29) is 11.7 Å². The van der Waals surface area contributed by atoms with Crippen LogP contribution in [0, 0.1) is 6.92 Å². The number of nitrogens with zero attached hydrogens (tertiary/aromatic N) is 2. The van der Waals surface area contributed by atoms with Gasteiger partial charge < -0.3 is 10.6 Å². The Labute approximate surface area is 196 Å². The molecule has 0 radical (unpaired) electrons. The van der Waals surface area contributed by atoms with Gasteiger partial charge in [-0.2, -0.15) is 5.11 Å². The van der Waals surface area contributed by atoms with Gasteiger partial charge in [-0.1, -0.05) is 48.5 Å². The predicted octanol–water partition coefficient (Wildman–Crippen LogP) is 7.40. The van der Waals surface area contributed by atoms with Gasteiger partial charge in [0.15, 0.2) is 0 Å². The van der Waals surface area contributed by atoms with Crippen molar-refractivity contribution in [3.8, 4) is 0 Å². The molecular formula is C26H22N4O2S. The van der Waals surface area contributed by atoms with Crippen LogP contribution >= 0.6 is 11.3 Å². The van der Waals surface area contributed by atoms with E-state index >= 15 is 0 Å². The average molecular weight is 455 g/mol. The van der Waals surface area contributed by atoms with Crippen molar-refractivity contribution >= 4 is 50.8 Å². The highest BCUT2D eigenvalue weighted by atomic mass is 32.1. The van der Waals surface area contributed by atoms with Crippen LogP contribution in [0.3, 0.4) is 0 Å². The molecule has 3 aromatic carbocycles. The van der Waals surface area contributed by atoms with Crippen molar-refractivity contribution in [3.63, 3.8) is 0 Å². The van der Waals surface area contributed by atoms with Crippen molar-refractivity contribution in [1.82, 2.24) is 0 Å². The third-order valence-corrected chi connectivity index (χ3v) is 6.04. The van der Waals surface area contributed by atoms with Crippen LogP contribution in [0.2, 0.25) is 0 Å². The fourth-order valence-electron chi connectivity index (χ4n) is 3.22. The Balaban J connectivity index is 1.69. The second-order valence-corrected chi connectivity index (χ2v) is 8.37. The number of benzene rings is 3. The van der Waals surface area contributed by atoms with Crippen molar-refractivity contribution in [2.24, 2.45) is 10.2 Å². The molecule has 0 saturated carbocycles. The first-order valence-electron chi connectivity index (χ1n) is 10.4. The van der Waals surface area contributed by atoms with Crippen molar-refractivity contribution in [3.05, 3.63) is 101 Å². The number of hydrogen-bond acceptors (Lipinski definition) is 6. The number of ketones is 1. The van der Waals surface area contributed by atoms with Crippen LogP contribution in [0.5, 0.6) is 0 Å². The number of rotatable bonds is 7. The van der Waals surface area contributed by atoms with Crippen LogP contribution in [0.25, 0.3) is 0 Å². The first-order chi connectivity index (χ1) is 16.0. The highest BCUT2D eigenvalue weighted by molar-refractivity contribution is 7.19. The molecule has 7 heteroatoms. The molecule has 0 unspecified atom stereocenters. The van der Waals surface area contributed by atoms with Gasteiger partial charge in [0.25, 0.3) is 0 Å². The minimum atomic E-state index is -0.134. The molecule has 0 bridgehead atoms. The molecule has 0 fully saturated rings. The number of hydrogen-bond donors (Lipinski definition) is 2. The van der Waals surface area contributed by atoms with Gasteiger partial charge in [0.2, 0.25) is 11.7 Å². The summed E-state index contributed by atoms with van der Waals surface area (Å²) in [5.41, 5.74) is 4.24. The van der Waals surface area contributed by atoms with E-state index in [2.05, 4.69) is 20.9 Å². The van der Waals surface area contributed by atoms with E-state index in [9.17, 15) is 9.59 Å². The monoisotopic (exact) mass is 454 g/mol. The molecule has 4 aromatic rings. The largest absolute Gasteiger partial charge is 0.345 e. The summed E-state index contributed by atoms with van der Waals surface area (Å²) in [6.07, 6.45) is 0. The molecule has 0 aliphatic rings. The number of anilines is 3. The third-order valence-electron chi connectivity index (χ3n) is 4.84. The Morgan fingerprint density at radius 2 is 1.42 bits per heavy atom. The van der Waals surface area contributed by atoms with Gasteiger partial charge in [-0.05, 0) is 43.3 Å². The summed E-state index contributed by atoms with van der Waals surface area (Å²) in [6, 6.07) is 26.0. The van der Waals surface area contributed by atoms with Gasteiger partial charge >= 0.3 is 0 Å². The molecule has 1 amide bonds. The summed E-state index contributed by atoms with van der Waals surface area (Å²) in [5.74, 6) is -0.180. The zero-order chi connectivity index (χ0) is 23.2. The molecule has 2 N–H and O–H groups in total. The Bertz CT molecular complexity index is 1300. The Morgan fingerprint density at radius 1 is 0.788 bits per heavy atom. The fourth-order valence-corrected chi connectivity index (χ4v) is 4.35. The van der Waals surface area contributed by atoms with Crippen LogP contribution < -0.4 is 10.6 Å². The first-order valence-corrected chi connectivity index (χ1v) is 11.2. The normalized spacial score (nSPS) is 10.8. The van der Waals surface area contributed by atoms with Crippen LogP contribution in [-0.2, 0) is 4.79 Å². The summed E-state index contributed by atoms with van der Waals surface area (Å²) >= 11 is 1.37. The summed E-state index contributed by atoms with van der Waals surface area (Å²) in [6.45, 7) is 3.35. The van der Waals surface area contributed by atoms with E-state index in [0.29, 0.717) is 27.5 Å². The van der Waals surface area contributed by atoms with Crippen molar-refractivity contribution in [2.45, 2.75) is 13.8 Å². The second kappa shape index (κ2) is 10.0. The average Bonchev–Trinajstić information content (AvgIpc) is 3.13. The number of thiophene rings is 1. The van der Waals surface area contributed by atoms with Crippen LogP contribution in [0.4, 0.5) is 27.8 Å². The van der Waals surface area contributed by atoms with Crippen LogP contribution in [0.15, 0.2) is 95.2 Å². The van der Waals surface area contributed by atoms with Crippen LogP contribution in [-0.4, -0.2) is 11.7 Å². The highest BCUT2D eigenvalue weighted by Gasteiger charge is 2.21. The maximum absolute atomic E-state index is 13.2. The van der Waals surface area contributed by atoms with E-state index in [1.807, 2.05) is 67.6 Å². The minimum Gasteiger partial charge on any atom is -0.345 e. The number of carbonyl (C=O) groups is 2. The van der Waals surface area contributed by atoms with Crippen LogP contribution in [0.1, 0.15) is 27.7 Å². The maximum Gasteiger partial charge on any atom is 0.221 e. The van der Waals surface area contributed by atoms with Gasteiger partial charge in [0.1, 0.15) is 10.7 Å². The Kier molecular flexibility index (Phi) is 6.71. The lowest BCUT2D eigenvalue weighted by Gasteiger charge is -2.04. The van der Waals surface area contributed by atoms with Gasteiger partial charge in [-0.15, -0.1) is 16.5 Å². The molecule has 0 aliphatic heterocycles. The zero-order valence-electron chi connectivity index (χ0n) is 18.2. The Morgan fingerprint density at radius 3 is 2.06 bits per heavy atom. The SMILES string of the molecule is CC(=O)Nc1ccc(N=Nc2c(Nc3ccccc3)sc(C(=O)c3ccccc3)c2C)cc1.